The van der Waals surface area contributed by atoms with Crippen LogP contribution in [0.2, 0.25) is 0 Å². The maximum absolute atomic E-state index is 12.6. The molecule has 0 spiro atoms. The molecule has 0 aliphatic carbocycles. The number of amides is 1. The van der Waals surface area contributed by atoms with Gasteiger partial charge < -0.3 is 15.4 Å². The van der Waals surface area contributed by atoms with E-state index in [0.717, 1.165) is 29.2 Å². The highest BCUT2D eigenvalue weighted by Gasteiger charge is 2.12. The first-order valence-electron chi connectivity index (χ1n) is 13.1. The summed E-state index contributed by atoms with van der Waals surface area (Å²) in [7, 11) is 0. The summed E-state index contributed by atoms with van der Waals surface area (Å²) in [6.45, 7) is 4.01. The number of hydrogen-bond acceptors (Lipinski definition) is 7. The Kier molecular flexibility index (Phi) is 7.13. The van der Waals surface area contributed by atoms with E-state index in [-0.39, 0.29) is 5.91 Å². The summed E-state index contributed by atoms with van der Waals surface area (Å²) in [5, 5.41) is 10.9. The lowest BCUT2D eigenvalue weighted by Gasteiger charge is -2.15. The zero-order valence-corrected chi connectivity index (χ0v) is 21.5. The van der Waals surface area contributed by atoms with Gasteiger partial charge in [-0.2, -0.15) is 4.98 Å². The lowest BCUT2D eigenvalue weighted by Crippen LogP contribution is -2.25. The number of rotatable bonds is 9. The molecule has 9 nitrogen and oxygen atoms in total. The first-order chi connectivity index (χ1) is 19.2. The van der Waals surface area contributed by atoms with E-state index in [9.17, 15) is 4.79 Å². The smallest absolute Gasteiger partial charge is 0.257 e. The van der Waals surface area contributed by atoms with Crippen molar-refractivity contribution in [1.82, 2.24) is 24.5 Å². The van der Waals surface area contributed by atoms with E-state index in [2.05, 4.69) is 25.5 Å². The maximum Gasteiger partial charge on any atom is 0.257 e. The molecule has 0 saturated carbocycles. The van der Waals surface area contributed by atoms with Crippen molar-refractivity contribution in [2.24, 2.45) is 0 Å². The summed E-state index contributed by atoms with van der Waals surface area (Å²) in [6, 6.07) is 24.8. The molecule has 39 heavy (non-hydrogen) atoms. The Hall–Kier alpha value is -4.76. The monoisotopic (exact) mass is 519 g/mol. The van der Waals surface area contributed by atoms with Gasteiger partial charge in [0.1, 0.15) is 12.4 Å². The summed E-state index contributed by atoms with van der Waals surface area (Å²) >= 11 is 0. The first-order valence-corrected chi connectivity index (χ1v) is 13.1. The summed E-state index contributed by atoms with van der Waals surface area (Å²) in [4.78, 5) is 23.7. The van der Waals surface area contributed by atoms with Crippen molar-refractivity contribution >= 4 is 28.9 Å². The van der Waals surface area contributed by atoms with E-state index in [0.29, 0.717) is 29.5 Å². The van der Waals surface area contributed by atoms with Crippen LogP contribution in [0.1, 0.15) is 23.2 Å². The van der Waals surface area contributed by atoms with Crippen LogP contribution >= 0.6 is 0 Å². The molecular weight excluding hydrogens is 490 g/mol. The zero-order chi connectivity index (χ0) is 26.4. The number of pyridine rings is 2. The van der Waals surface area contributed by atoms with Gasteiger partial charge in [0.2, 0.25) is 5.95 Å². The van der Waals surface area contributed by atoms with Crippen LogP contribution < -0.4 is 15.4 Å². The molecule has 3 aromatic heterocycles. The number of hydrogen-bond donors (Lipinski definition) is 2. The van der Waals surface area contributed by atoms with Crippen LogP contribution in [0.15, 0.2) is 91.3 Å². The van der Waals surface area contributed by atoms with E-state index in [4.69, 9.17) is 9.84 Å². The van der Waals surface area contributed by atoms with Crippen molar-refractivity contribution in [3.8, 4) is 17.0 Å². The van der Waals surface area contributed by atoms with E-state index in [1.807, 2.05) is 66.7 Å². The number of nitrogens with zero attached hydrogens (tertiary/aromatic N) is 5. The highest BCUT2D eigenvalue weighted by atomic mass is 16.5. The molecule has 1 saturated heterocycles. The highest BCUT2D eigenvalue weighted by Crippen LogP contribution is 2.25. The Morgan fingerprint density at radius 1 is 0.923 bits per heavy atom. The molecular formula is C30H29N7O2. The van der Waals surface area contributed by atoms with Crippen LogP contribution in [0.4, 0.5) is 17.3 Å². The molecule has 0 radical (unpaired) electrons. The van der Waals surface area contributed by atoms with Crippen LogP contribution in [0, 0.1) is 0 Å². The van der Waals surface area contributed by atoms with E-state index in [1.54, 1.807) is 29.0 Å². The Labute approximate surface area is 226 Å². The summed E-state index contributed by atoms with van der Waals surface area (Å²) in [5.41, 5.74) is 4.52. The third-order valence-electron chi connectivity index (χ3n) is 6.69. The van der Waals surface area contributed by atoms with Gasteiger partial charge >= 0.3 is 0 Å². The number of aromatic nitrogens is 4. The molecule has 9 heteroatoms. The molecule has 0 unspecified atom stereocenters. The lowest BCUT2D eigenvalue weighted by atomic mass is 10.1. The number of likely N-dealkylation sites (tertiary alicyclic amines) is 1. The number of fused-ring (bicyclic) bond motifs is 1. The van der Waals surface area contributed by atoms with Crippen LogP contribution in [0.25, 0.3) is 16.9 Å². The van der Waals surface area contributed by atoms with Crippen LogP contribution in [0.3, 0.4) is 0 Å². The second-order valence-electron chi connectivity index (χ2n) is 9.44. The summed E-state index contributed by atoms with van der Waals surface area (Å²) < 4.78 is 7.70. The molecule has 2 N–H and O–H groups in total. The topological polar surface area (TPSA) is 96.7 Å². The molecule has 6 rings (SSSR count). The number of anilines is 3. The fourth-order valence-electron chi connectivity index (χ4n) is 4.70. The van der Waals surface area contributed by atoms with Gasteiger partial charge in [0, 0.05) is 35.9 Å². The molecule has 0 atom stereocenters. The van der Waals surface area contributed by atoms with Gasteiger partial charge in [0.25, 0.3) is 5.91 Å². The van der Waals surface area contributed by atoms with Crippen LogP contribution in [-0.2, 0) is 0 Å². The van der Waals surface area contributed by atoms with Crippen molar-refractivity contribution in [2.45, 2.75) is 12.8 Å². The number of benzene rings is 2. The molecule has 2 aromatic carbocycles. The van der Waals surface area contributed by atoms with Gasteiger partial charge in [-0.3, -0.25) is 14.7 Å². The van der Waals surface area contributed by atoms with Gasteiger partial charge in [0.15, 0.2) is 5.65 Å². The van der Waals surface area contributed by atoms with Gasteiger partial charge in [-0.1, -0.05) is 18.2 Å². The quantitative estimate of drug-likeness (QED) is 0.274. The van der Waals surface area contributed by atoms with E-state index < -0.39 is 0 Å². The number of ether oxygens (including phenoxy) is 1. The predicted molar refractivity (Wildman–Crippen MR) is 152 cm³/mol. The largest absolute Gasteiger partial charge is 0.492 e. The predicted octanol–water partition coefficient (Wildman–Crippen LogP) is 5.26. The zero-order valence-electron chi connectivity index (χ0n) is 21.5. The molecule has 1 aliphatic rings. The van der Waals surface area contributed by atoms with Crippen molar-refractivity contribution in [3.63, 3.8) is 0 Å². The second-order valence-corrected chi connectivity index (χ2v) is 9.44. The van der Waals surface area contributed by atoms with Crippen LogP contribution in [-0.4, -0.2) is 56.6 Å². The van der Waals surface area contributed by atoms with Gasteiger partial charge in [-0.05, 0) is 86.6 Å². The van der Waals surface area contributed by atoms with Gasteiger partial charge in [0.05, 0.1) is 11.3 Å². The second kappa shape index (κ2) is 11.3. The first kappa shape index (κ1) is 24.6. The Bertz CT molecular complexity index is 1560. The third kappa shape index (κ3) is 5.89. The minimum Gasteiger partial charge on any atom is -0.492 e. The molecule has 4 heterocycles. The maximum atomic E-state index is 12.6. The molecule has 1 fully saturated rings. The summed E-state index contributed by atoms with van der Waals surface area (Å²) in [5.74, 6) is 1.13. The molecule has 1 aliphatic heterocycles. The number of carbonyl (C=O) groups excluding carboxylic acids is 1. The van der Waals surface area contributed by atoms with Crippen molar-refractivity contribution in [2.75, 3.05) is 36.9 Å². The Balaban J connectivity index is 1.14. The number of carbonyl (C=O) groups is 1. The molecule has 5 aromatic rings. The lowest BCUT2D eigenvalue weighted by molar-refractivity contribution is 0.102. The van der Waals surface area contributed by atoms with Crippen LogP contribution in [0.5, 0.6) is 5.75 Å². The Morgan fingerprint density at radius 3 is 2.59 bits per heavy atom. The molecule has 196 valence electrons. The Morgan fingerprint density at radius 2 is 1.77 bits per heavy atom. The average molecular weight is 520 g/mol. The van der Waals surface area contributed by atoms with Crippen molar-refractivity contribution in [3.05, 3.63) is 96.8 Å². The SMILES string of the molecule is O=C(Nc1cccc(-c2cccc3nc(Nc4ccc(OCCN5CCCC5)cc4)nn23)c1)c1cccnc1. The normalized spacial score (nSPS) is 13.4. The fraction of sp³-hybridized carbons (Fsp3) is 0.200. The average Bonchev–Trinajstić information content (AvgIpc) is 3.64. The standard InChI is InChI=1S/C30H29N7O2/c38-29(23-7-5-15-31-21-23)32-25-8-3-6-22(20-25)27-9-4-10-28-34-30(35-37(27)28)33-24-11-13-26(14-12-24)39-19-18-36-16-1-2-17-36/h3-15,20-21H,1-2,16-19H2,(H,32,38)(H,33,35). The van der Waals surface area contributed by atoms with Gasteiger partial charge in [-0.15, -0.1) is 5.10 Å². The summed E-state index contributed by atoms with van der Waals surface area (Å²) in [6.07, 6.45) is 5.76. The minimum absolute atomic E-state index is 0.214. The number of nitrogens with one attached hydrogen (secondary N) is 2. The minimum atomic E-state index is -0.214. The van der Waals surface area contributed by atoms with E-state index in [1.165, 1.54) is 25.9 Å². The van der Waals surface area contributed by atoms with Gasteiger partial charge in [-0.25, -0.2) is 4.52 Å². The molecule has 1 amide bonds. The van der Waals surface area contributed by atoms with Crippen molar-refractivity contribution in [1.29, 1.82) is 0 Å². The van der Waals surface area contributed by atoms with Crippen molar-refractivity contribution < 1.29 is 9.53 Å². The molecule has 0 bridgehead atoms. The highest BCUT2D eigenvalue weighted by molar-refractivity contribution is 6.04. The third-order valence-corrected chi connectivity index (χ3v) is 6.69. The van der Waals surface area contributed by atoms with E-state index >= 15 is 0 Å². The fourth-order valence-corrected chi connectivity index (χ4v) is 4.70.